The van der Waals surface area contributed by atoms with E-state index in [1.807, 2.05) is 17.9 Å². The van der Waals surface area contributed by atoms with Crippen molar-refractivity contribution in [1.29, 1.82) is 0 Å². The molecule has 0 bridgehead atoms. The number of likely N-dealkylation sites (tertiary alicyclic amines) is 1. The van der Waals surface area contributed by atoms with Gasteiger partial charge in [0.25, 0.3) is 0 Å². The lowest BCUT2D eigenvalue weighted by atomic mass is 10.1. The summed E-state index contributed by atoms with van der Waals surface area (Å²) in [5.41, 5.74) is 6.73. The molecule has 2 amide bonds. The molecular weight excluding hydrogens is 306 g/mol. The van der Waals surface area contributed by atoms with Crippen LogP contribution < -0.4 is 16.4 Å². The number of hydrogen-bond donors (Lipinski definition) is 3. The molecule has 4 N–H and O–H groups in total. The van der Waals surface area contributed by atoms with Crippen LogP contribution in [0.3, 0.4) is 0 Å². The summed E-state index contributed by atoms with van der Waals surface area (Å²) in [5.74, 6) is 0.423. The van der Waals surface area contributed by atoms with Crippen LogP contribution in [-0.2, 0) is 11.3 Å². The summed E-state index contributed by atoms with van der Waals surface area (Å²) < 4.78 is 0. The molecule has 24 heavy (non-hydrogen) atoms. The number of nitrogens with zero attached hydrogens (tertiary/aromatic N) is 2. The third-order valence-electron chi connectivity index (χ3n) is 4.08. The molecule has 1 atom stereocenters. The van der Waals surface area contributed by atoms with Crippen LogP contribution in [0.5, 0.6) is 0 Å². The van der Waals surface area contributed by atoms with Gasteiger partial charge in [0.15, 0.2) is 5.96 Å². The molecule has 1 fully saturated rings. The number of guanidine groups is 1. The minimum Gasteiger partial charge on any atom is -0.366 e. The molecule has 1 aromatic rings. The highest BCUT2D eigenvalue weighted by molar-refractivity contribution is 5.92. The second kappa shape index (κ2) is 8.33. The molecule has 1 saturated heterocycles. The Bertz CT molecular complexity index is 629. The fourth-order valence-corrected chi connectivity index (χ4v) is 2.74. The Morgan fingerprint density at radius 2 is 2.21 bits per heavy atom. The van der Waals surface area contributed by atoms with Crippen molar-refractivity contribution in [2.75, 3.05) is 20.1 Å². The Morgan fingerprint density at radius 1 is 1.42 bits per heavy atom. The zero-order chi connectivity index (χ0) is 17.5. The molecule has 0 aromatic heterocycles. The average Bonchev–Trinajstić information content (AvgIpc) is 3.06. The standard InChI is InChI=1S/C17H25N5O2/c1-3-15(23)22-8-7-14(11-22)21-17(19-2)20-10-12-5-4-6-13(9-12)16(18)24/h4-6,9,14H,3,7-8,10-11H2,1-2H3,(H2,18,24)(H2,19,20,21). The van der Waals surface area contributed by atoms with Crippen LogP contribution in [0.25, 0.3) is 0 Å². The smallest absolute Gasteiger partial charge is 0.248 e. The number of hydrogen-bond acceptors (Lipinski definition) is 3. The van der Waals surface area contributed by atoms with E-state index in [4.69, 9.17) is 5.73 Å². The molecule has 0 radical (unpaired) electrons. The highest BCUT2D eigenvalue weighted by Gasteiger charge is 2.25. The van der Waals surface area contributed by atoms with Gasteiger partial charge in [0.2, 0.25) is 11.8 Å². The van der Waals surface area contributed by atoms with Crippen LogP contribution in [0.2, 0.25) is 0 Å². The van der Waals surface area contributed by atoms with Gasteiger partial charge < -0.3 is 21.3 Å². The number of amides is 2. The third-order valence-corrected chi connectivity index (χ3v) is 4.08. The van der Waals surface area contributed by atoms with Gasteiger partial charge in [-0.25, -0.2) is 0 Å². The number of carbonyl (C=O) groups excluding carboxylic acids is 2. The Balaban J connectivity index is 1.86. The predicted octanol–water partition coefficient (Wildman–Crippen LogP) is 0.461. The third kappa shape index (κ3) is 4.71. The van der Waals surface area contributed by atoms with Gasteiger partial charge in [-0.3, -0.25) is 14.6 Å². The first-order chi connectivity index (χ1) is 11.5. The van der Waals surface area contributed by atoms with Crippen LogP contribution >= 0.6 is 0 Å². The molecule has 0 saturated carbocycles. The van der Waals surface area contributed by atoms with E-state index < -0.39 is 5.91 Å². The number of carbonyl (C=O) groups is 2. The number of benzene rings is 1. The van der Waals surface area contributed by atoms with Crippen molar-refractivity contribution in [3.05, 3.63) is 35.4 Å². The molecule has 1 aromatic carbocycles. The second-order valence-corrected chi connectivity index (χ2v) is 5.81. The number of aliphatic imine (C=N–C) groups is 1. The first-order valence-electron chi connectivity index (χ1n) is 8.17. The summed E-state index contributed by atoms with van der Waals surface area (Å²) >= 11 is 0. The second-order valence-electron chi connectivity index (χ2n) is 5.81. The molecule has 1 aliphatic heterocycles. The molecule has 7 heteroatoms. The number of primary amides is 1. The van der Waals surface area contributed by atoms with Crippen molar-refractivity contribution in [2.24, 2.45) is 10.7 Å². The van der Waals surface area contributed by atoms with Gasteiger partial charge in [-0.1, -0.05) is 19.1 Å². The molecule has 130 valence electrons. The summed E-state index contributed by atoms with van der Waals surface area (Å²) in [4.78, 5) is 29.0. The Morgan fingerprint density at radius 3 is 2.88 bits per heavy atom. The van der Waals surface area contributed by atoms with E-state index in [-0.39, 0.29) is 11.9 Å². The molecule has 1 heterocycles. The monoisotopic (exact) mass is 331 g/mol. The lowest BCUT2D eigenvalue weighted by Gasteiger charge is -2.18. The van der Waals surface area contributed by atoms with Crippen molar-refractivity contribution in [2.45, 2.75) is 32.4 Å². The molecule has 2 rings (SSSR count). The van der Waals surface area contributed by atoms with Gasteiger partial charge in [-0.15, -0.1) is 0 Å². The Hall–Kier alpha value is -2.57. The van der Waals surface area contributed by atoms with E-state index in [1.54, 1.807) is 25.2 Å². The number of nitrogens with two attached hydrogens (primary N) is 1. The zero-order valence-corrected chi connectivity index (χ0v) is 14.2. The average molecular weight is 331 g/mol. The highest BCUT2D eigenvalue weighted by atomic mass is 16.2. The molecule has 7 nitrogen and oxygen atoms in total. The Kier molecular flexibility index (Phi) is 6.17. The van der Waals surface area contributed by atoms with E-state index in [1.165, 1.54) is 0 Å². The van der Waals surface area contributed by atoms with Crippen LogP contribution in [-0.4, -0.2) is 48.9 Å². The van der Waals surface area contributed by atoms with E-state index in [9.17, 15) is 9.59 Å². The number of rotatable bonds is 5. The molecule has 1 unspecified atom stereocenters. The van der Waals surface area contributed by atoms with Crippen molar-refractivity contribution in [3.63, 3.8) is 0 Å². The van der Waals surface area contributed by atoms with Gasteiger partial charge in [0.1, 0.15) is 0 Å². The van der Waals surface area contributed by atoms with E-state index in [0.717, 1.165) is 18.5 Å². The van der Waals surface area contributed by atoms with Crippen molar-refractivity contribution < 1.29 is 9.59 Å². The van der Waals surface area contributed by atoms with Crippen molar-refractivity contribution in [3.8, 4) is 0 Å². The van der Waals surface area contributed by atoms with Gasteiger partial charge in [-0.05, 0) is 24.1 Å². The summed E-state index contributed by atoms with van der Waals surface area (Å²) in [7, 11) is 1.71. The predicted molar refractivity (Wildman–Crippen MR) is 93.6 cm³/mol. The summed E-state index contributed by atoms with van der Waals surface area (Å²) in [6.07, 6.45) is 1.44. The quantitative estimate of drug-likeness (QED) is 0.539. The van der Waals surface area contributed by atoms with E-state index in [2.05, 4.69) is 15.6 Å². The molecular formula is C17H25N5O2. The molecule has 0 spiro atoms. The minimum atomic E-state index is -0.439. The SMILES string of the molecule is CCC(=O)N1CCC(NC(=NC)NCc2cccc(C(N)=O)c2)C1. The largest absolute Gasteiger partial charge is 0.366 e. The van der Waals surface area contributed by atoms with Gasteiger partial charge in [0, 0.05) is 44.7 Å². The minimum absolute atomic E-state index is 0.186. The van der Waals surface area contributed by atoms with Crippen LogP contribution in [0.1, 0.15) is 35.7 Å². The van der Waals surface area contributed by atoms with E-state index >= 15 is 0 Å². The number of nitrogens with one attached hydrogen (secondary N) is 2. The van der Waals surface area contributed by atoms with Gasteiger partial charge in [-0.2, -0.15) is 0 Å². The summed E-state index contributed by atoms with van der Waals surface area (Å²) in [6.45, 7) is 3.89. The topological polar surface area (TPSA) is 99.8 Å². The summed E-state index contributed by atoms with van der Waals surface area (Å²) in [5, 5.41) is 6.56. The van der Waals surface area contributed by atoms with Gasteiger partial charge >= 0.3 is 0 Å². The normalized spacial score (nSPS) is 17.7. The lowest BCUT2D eigenvalue weighted by Crippen LogP contribution is -2.44. The first kappa shape index (κ1) is 17.8. The van der Waals surface area contributed by atoms with E-state index in [0.29, 0.717) is 31.0 Å². The molecule has 1 aliphatic rings. The molecule has 0 aliphatic carbocycles. The zero-order valence-electron chi connectivity index (χ0n) is 14.2. The first-order valence-corrected chi connectivity index (χ1v) is 8.17. The Labute approximate surface area is 142 Å². The highest BCUT2D eigenvalue weighted by Crippen LogP contribution is 2.10. The fraction of sp³-hybridized carbons (Fsp3) is 0.471. The van der Waals surface area contributed by atoms with Crippen LogP contribution in [0, 0.1) is 0 Å². The lowest BCUT2D eigenvalue weighted by molar-refractivity contribution is -0.129. The maximum absolute atomic E-state index is 11.7. The fourth-order valence-electron chi connectivity index (χ4n) is 2.74. The maximum atomic E-state index is 11.7. The van der Waals surface area contributed by atoms with Crippen molar-refractivity contribution in [1.82, 2.24) is 15.5 Å². The van der Waals surface area contributed by atoms with Gasteiger partial charge in [0.05, 0.1) is 0 Å². The van der Waals surface area contributed by atoms with Crippen LogP contribution in [0.15, 0.2) is 29.3 Å². The van der Waals surface area contributed by atoms with Crippen LogP contribution in [0.4, 0.5) is 0 Å². The summed E-state index contributed by atoms with van der Waals surface area (Å²) in [6, 6.07) is 7.38. The maximum Gasteiger partial charge on any atom is 0.248 e. The van der Waals surface area contributed by atoms with Crippen molar-refractivity contribution >= 4 is 17.8 Å².